The fourth-order valence-corrected chi connectivity index (χ4v) is 4.16. The second-order valence-electron chi connectivity index (χ2n) is 6.61. The van der Waals surface area contributed by atoms with E-state index in [0.29, 0.717) is 15.7 Å². The van der Waals surface area contributed by atoms with E-state index in [1.807, 2.05) is 35.7 Å². The van der Waals surface area contributed by atoms with E-state index in [9.17, 15) is 9.59 Å². The van der Waals surface area contributed by atoms with Crippen LogP contribution < -0.4 is 0 Å². The van der Waals surface area contributed by atoms with Gasteiger partial charge in [0, 0.05) is 11.8 Å². The lowest BCUT2D eigenvalue weighted by molar-refractivity contribution is 0.0696. The van der Waals surface area contributed by atoms with Crippen LogP contribution >= 0.6 is 23.2 Å². The van der Waals surface area contributed by atoms with Crippen molar-refractivity contribution in [3.63, 3.8) is 0 Å². The highest BCUT2D eigenvalue weighted by Crippen LogP contribution is 2.36. The van der Waals surface area contributed by atoms with Gasteiger partial charge in [0.25, 0.3) is 0 Å². The lowest BCUT2D eigenvalue weighted by atomic mass is 9.98. The van der Waals surface area contributed by atoms with Crippen LogP contribution in [0, 0.1) is 6.92 Å². The number of nitrogens with zero attached hydrogens (tertiary/aromatic N) is 1. The maximum atomic E-state index is 13.4. The van der Waals surface area contributed by atoms with E-state index in [0.717, 1.165) is 22.2 Å². The maximum absolute atomic E-state index is 13.4. The number of benzene rings is 2. The van der Waals surface area contributed by atoms with Gasteiger partial charge in [0.05, 0.1) is 32.4 Å². The first-order chi connectivity index (χ1) is 13.9. The van der Waals surface area contributed by atoms with Gasteiger partial charge in [-0.1, -0.05) is 47.5 Å². The van der Waals surface area contributed by atoms with Crippen molar-refractivity contribution in [2.45, 2.75) is 6.92 Å². The van der Waals surface area contributed by atoms with Crippen molar-refractivity contribution < 1.29 is 14.7 Å². The molecule has 0 aliphatic rings. The molecule has 0 fully saturated rings. The van der Waals surface area contributed by atoms with E-state index < -0.39 is 5.97 Å². The molecule has 0 amide bonds. The molecule has 4 aromatic rings. The molecule has 0 saturated heterocycles. The number of aromatic carboxylic acids is 1. The minimum atomic E-state index is -0.987. The Hall–Kier alpha value is -3.08. The van der Waals surface area contributed by atoms with Crippen LogP contribution in [0.5, 0.6) is 0 Å². The molecule has 2 aromatic carbocycles. The number of fused-ring (bicyclic) bond motifs is 1. The number of hydrogen-bond acceptors (Lipinski definition) is 2. The Kier molecular flexibility index (Phi) is 4.91. The number of aromatic nitrogens is 1. The molecule has 0 spiro atoms. The van der Waals surface area contributed by atoms with Crippen molar-refractivity contribution in [3.8, 4) is 11.1 Å². The third-order valence-corrected chi connectivity index (χ3v) is 5.54. The first kappa shape index (κ1) is 19.2. The highest BCUT2D eigenvalue weighted by molar-refractivity contribution is 6.41. The summed E-state index contributed by atoms with van der Waals surface area (Å²) in [6.45, 7) is 1.87. The van der Waals surface area contributed by atoms with Crippen molar-refractivity contribution in [1.29, 1.82) is 0 Å². The number of carboxylic acid groups (broad SMARTS) is 1. The molecule has 2 aromatic heterocycles. The summed E-state index contributed by atoms with van der Waals surface area (Å²) in [5, 5.41) is 9.74. The lowest BCUT2D eigenvalue weighted by Crippen LogP contribution is -2.08. The normalized spacial score (nSPS) is 11.0. The fraction of sp³-hybridized carbons (Fsp3) is 0.0435. The van der Waals surface area contributed by atoms with Gasteiger partial charge in [0.2, 0.25) is 5.78 Å². The van der Waals surface area contributed by atoms with Crippen LogP contribution in [0.2, 0.25) is 10.0 Å². The smallest absolute Gasteiger partial charge is 0.335 e. The molecule has 1 N–H and O–H groups in total. The number of rotatable bonds is 4. The van der Waals surface area contributed by atoms with Crippen LogP contribution in [0.3, 0.4) is 0 Å². The predicted octanol–water partition coefficient (Wildman–Crippen LogP) is 6.15. The van der Waals surface area contributed by atoms with Gasteiger partial charge in [-0.2, -0.15) is 0 Å². The minimum absolute atomic E-state index is 0.203. The Morgan fingerprint density at radius 2 is 1.55 bits per heavy atom. The molecule has 0 aliphatic heterocycles. The van der Waals surface area contributed by atoms with Gasteiger partial charge in [-0.3, -0.25) is 4.79 Å². The highest BCUT2D eigenvalue weighted by Gasteiger charge is 2.25. The van der Waals surface area contributed by atoms with E-state index in [2.05, 4.69) is 0 Å². The number of carbonyl (C=O) groups excluding carboxylic acids is 1. The molecule has 6 heteroatoms. The standard InChI is InChI=1S/C23H15Cl2NO3/c1-13-19(14-8-10-15(11-9-14)23(28)29)18-7-2-3-12-26(18)21(13)22(27)20-16(24)5-4-6-17(20)25/h2-12H,1H3,(H,28,29). The van der Waals surface area contributed by atoms with Crippen LogP contribution in [-0.2, 0) is 0 Å². The van der Waals surface area contributed by atoms with E-state index in [1.54, 1.807) is 42.5 Å². The Balaban J connectivity index is 1.97. The molecule has 0 aliphatic carbocycles. The molecule has 2 heterocycles. The zero-order valence-electron chi connectivity index (χ0n) is 15.3. The number of halogens is 2. The van der Waals surface area contributed by atoms with E-state index in [-0.39, 0.29) is 16.9 Å². The average Bonchev–Trinajstić information content (AvgIpc) is 2.99. The second kappa shape index (κ2) is 7.39. The summed E-state index contributed by atoms with van der Waals surface area (Å²) in [4.78, 5) is 24.6. The Morgan fingerprint density at radius 3 is 2.17 bits per heavy atom. The Morgan fingerprint density at radius 1 is 0.897 bits per heavy atom. The van der Waals surface area contributed by atoms with Gasteiger partial charge in [0.1, 0.15) is 0 Å². The summed E-state index contributed by atoms with van der Waals surface area (Å²) in [6, 6.07) is 17.2. The molecule has 0 unspecified atom stereocenters. The Labute approximate surface area is 176 Å². The summed E-state index contributed by atoms with van der Waals surface area (Å²) in [5.74, 6) is -1.26. The first-order valence-corrected chi connectivity index (χ1v) is 9.58. The van der Waals surface area contributed by atoms with Gasteiger partial charge in [-0.25, -0.2) is 4.79 Å². The summed E-state index contributed by atoms with van der Waals surface area (Å²) in [7, 11) is 0. The van der Waals surface area contributed by atoms with Crippen molar-refractivity contribution in [2.24, 2.45) is 0 Å². The Bertz CT molecular complexity index is 1250. The van der Waals surface area contributed by atoms with Gasteiger partial charge in [-0.05, 0) is 54.4 Å². The number of carboxylic acids is 1. The molecule has 144 valence electrons. The molecular formula is C23H15Cl2NO3. The minimum Gasteiger partial charge on any atom is -0.478 e. The molecule has 4 nitrogen and oxygen atoms in total. The van der Waals surface area contributed by atoms with Crippen LogP contribution in [0.15, 0.2) is 66.9 Å². The van der Waals surface area contributed by atoms with Gasteiger partial charge in [-0.15, -0.1) is 0 Å². The van der Waals surface area contributed by atoms with Crippen LogP contribution in [0.25, 0.3) is 16.6 Å². The number of hydrogen-bond donors (Lipinski definition) is 1. The molecule has 0 radical (unpaired) electrons. The molecule has 0 atom stereocenters. The molecule has 0 bridgehead atoms. The van der Waals surface area contributed by atoms with E-state index in [1.165, 1.54) is 0 Å². The van der Waals surface area contributed by atoms with Crippen molar-refractivity contribution in [2.75, 3.05) is 0 Å². The molecule has 4 rings (SSSR count). The summed E-state index contributed by atoms with van der Waals surface area (Å²) < 4.78 is 1.82. The summed E-state index contributed by atoms with van der Waals surface area (Å²) >= 11 is 12.6. The number of pyridine rings is 1. The van der Waals surface area contributed by atoms with Crippen molar-refractivity contribution in [1.82, 2.24) is 4.40 Å². The lowest BCUT2D eigenvalue weighted by Gasteiger charge is -2.08. The van der Waals surface area contributed by atoms with Gasteiger partial charge < -0.3 is 9.51 Å². The van der Waals surface area contributed by atoms with E-state index >= 15 is 0 Å². The van der Waals surface area contributed by atoms with Gasteiger partial charge >= 0.3 is 5.97 Å². The molecule has 29 heavy (non-hydrogen) atoms. The fourth-order valence-electron chi connectivity index (χ4n) is 3.59. The third kappa shape index (κ3) is 3.20. The average molecular weight is 424 g/mol. The predicted molar refractivity (Wildman–Crippen MR) is 114 cm³/mol. The van der Waals surface area contributed by atoms with Crippen LogP contribution in [0.4, 0.5) is 0 Å². The summed E-state index contributed by atoms with van der Waals surface area (Å²) in [6.07, 6.45) is 1.81. The van der Waals surface area contributed by atoms with Gasteiger partial charge in [0.15, 0.2) is 0 Å². The zero-order chi connectivity index (χ0) is 20.7. The van der Waals surface area contributed by atoms with Crippen molar-refractivity contribution >= 4 is 40.5 Å². The number of carbonyl (C=O) groups is 2. The maximum Gasteiger partial charge on any atom is 0.335 e. The third-order valence-electron chi connectivity index (χ3n) is 4.91. The first-order valence-electron chi connectivity index (χ1n) is 8.82. The van der Waals surface area contributed by atoms with E-state index in [4.69, 9.17) is 28.3 Å². The SMILES string of the molecule is Cc1c(-c2ccc(C(=O)O)cc2)c2ccccn2c1C(=O)c1c(Cl)cccc1Cl. The highest BCUT2D eigenvalue weighted by atomic mass is 35.5. The van der Waals surface area contributed by atoms with Crippen LogP contribution in [-0.4, -0.2) is 21.3 Å². The molecular weight excluding hydrogens is 409 g/mol. The van der Waals surface area contributed by atoms with Crippen LogP contribution in [0.1, 0.15) is 32.0 Å². The van der Waals surface area contributed by atoms with Crippen molar-refractivity contribution in [3.05, 3.63) is 99.3 Å². The second-order valence-corrected chi connectivity index (χ2v) is 7.43. The topological polar surface area (TPSA) is 58.8 Å². The quantitative estimate of drug-likeness (QED) is 0.400. The summed E-state index contributed by atoms with van der Waals surface area (Å²) in [5.41, 5.74) is 4.20. The largest absolute Gasteiger partial charge is 0.478 e. The monoisotopic (exact) mass is 423 g/mol. The molecule has 0 saturated carbocycles. The number of ketones is 1. The zero-order valence-corrected chi connectivity index (χ0v) is 16.8.